The standard InChI is InChI=1S/C22H18FNO2S2/c23-18-7-5-16(6-8-18)15-19-9-10-22(27-19)28(25,26)14-12-17-11-13-24-21-4-2-1-3-20(17)21/h1-11,13H,12,14-15H2. The van der Waals surface area contributed by atoms with Crippen LogP contribution in [0.15, 0.2) is 77.1 Å². The number of thiophene rings is 1. The molecule has 0 radical (unpaired) electrons. The summed E-state index contributed by atoms with van der Waals surface area (Å²) in [6, 6.07) is 19.4. The molecule has 6 heteroatoms. The molecule has 0 saturated heterocycles. The van der Waals surface area contributed by atoms with Gasteiger partial charge in [-0.3, -0.25) is 4.98 Å². The highest BCUT2D eigenvalue weighted by Gasteiger charge is 2.18. The third-order valence-corrected chi connectivity index (χ3v) is 8.00. The lowest BCUT2D eigenvalue weighted by atomic mass is 10.1. The molecule has 4 aromatic rings. The maximum absolute atomic E-state index is 13.0. The summed E-state index contributed by atoms with van der Waals surface area (Å²) >= 11 is 1.28. The van der Waals surface area contributed by atoms with E-state index in [1.54, 1.807) is 24.4 Å². The van der Waals surface area contributed by atoms with Crippen molar-refractivity contribution in [3.05, 3.63) is 94.7 Å². The van der Waals surface area contributed by atoms with E-state index in [2.05, 4.69) is 4.98 Å². The number of rotatable bonds is 6. The van der Waals surface area contributed by atoms with Crippen molar-refractivity contribution in [3.8, 4) is 0 Å². The molecule has 142 valence electrons. The lowest BCUT2D eigenvalue weighted by molar-refractivity contribution is 0.597. The normalized spacial score (nSPS) is 11.8. The Bertz CT molecular complexity index is 1210. The highest BCUT2D eigenvalue weighted by molar-refractivity contribution is 7.93. The van der Waals surface area contributed by atoms with Gasteiger partial charge in [0.15, 0.2) is 9.84 Å². The molecule has 0 fully saturated rings. The van der Waals surface area contributed by atoms with E-state index in [9.17, 15) is 12.8 Å². The molecule has 28 heavy (non-hydrogen) atoms. The van der Waals surface area contributed by atoms with Crippen molar-refractivity contribution >= 4 is 32.1 Å². The number of hydrogen-bond acceptors (Lipinski definition) is 4. The second-order valence-electron chi connectivity index (χ2n) is 6.58. The zero-order valence-corrected chi connectivity index (χ0v) is 16.6. The first kappa shape index (κ1) is 18.8. The Kier molecular flexibility index (Phi) is 5.24. The quantitative estimate of drug-likeness (QED) is 0.446. The van der Waals surface area contributed by atoms with Gasteiger partial charge in [0.2, 0.25) is 0 Å². The molecule has 2 heterocycles. The first-order valence-electron chi connectivity index (χ1n) is 8.90. The molecule has 3 nitrogen and oxygen atoms in total. The van der Waals surface area contributed by atoms with Crippen molar-refractivity contribution in [2.75, 3.05) is 5.75 Å². The maximum Gasteiger partial charge on any atom is 0.188 e. The molecular formula is C22H18FNO2S2. The van der Waals surface area contributed by atoms with Crippen LogP contribution in [0.3, 0.4) is 0 Å². The van der Waals surface area contributed by atoms with E-state index in [1.165, 1.54) is 23.5 Å². The number of para-hydroxylation sites is 1. The molecule has 0 aliphatic rings. The number of hydrogen-bond donors (Lipinski definition) is 0. The van der Waals surface area contributed by atoms with Gasteiger partial charge in [0.05, 0.1) is 11.3 Å². The minimum absolute atomic E-state index is 0.0531. The molecule has 2 aromatic heterocycles. The first-order chi connectivity index (χ1) is 13.5. The fourth-order valence-electron chi connectivity index (χ4n) is 3.14. The summed E-state index contributed by atoms with van der Waals surface area (Å²) < 4.78 is 39.0. The second-order valence-corrected chi connectivity index (χ2v) is 10.1. The van der Waals surface area contributed by atoms with E-state index < -0.39 is 9.84 Å². The van der Waals surface area contributed by atoms with Crippen LogP contribution in [-0.4, -0.2) is 19.2 Å². The Morgan fingerprint density at radius 2 is 1.71 bits per heavy atom. The molecule has 0 amide bonds. The zero-order valence-electron chi connectivity index (χ0n) is 15.0. The van der Waals surface area contributed by atoms with Gasteiger partial charge in [0.1, 0.15) is 10.0 Å². The lowest BCUT2D eigenvalue weighted by Crippen LogP contribution is -2.08. The molecule has 0 aliphatic carbocycles. The minimum Gasteiger partial charge on any atom is -0.256 e. The zero-order chi connectivity index (χ0) is 19.6. The third-order valence-electron chi connectivity index (χ3n) is 4.61. The van der Waals surface area contributed by atoms with Crippen molar-refractivity contribution < 1.29 is 12.8 Å². The summed E-state index contributed by atoms with van der Waals surface area (Å²) in [5.41, 5.74) is 2.81. The first-order valence-corrected chi connectivity index (χ1v) is 11.4. The molecule has 0 aliphatic heterocycles. The van der Waals surface area contributed by atoms with Crippen molar-refractivity contribution in [1.29, 1.82) is 0 Å². The largest absolute Gasteiger partial charge is 0.256 e. The van der Waals surface area contributed by atoms with E-state index in [-0.39, 0.29) is 11.6 Å². The number of sulfone groups is 1. The van der Waals surface area contributed by atoms with Crippen LogP contribution in [0.4, 0.5) is 4.39 Å². The van der Waals surface area contributed by atoms with Gasteiger partial charge in [-0.25, -0.2) is 12.8 Å². The van der Waals surface area contributed by atoms with Crippen LogP contribution >= 0.6 is 11.3 Å². The van der Waals surface area contributed by atoms with Crippen LogP contribution < -0.4 is 0 Å². The van der Waals surface area contributed by atoms with Crippen molar-refractivity contribution in [2.45, 2.75) is 17.1 Å². The Labute approximate surface area is 167 Å². The average Bonchev–Trinajstić information content (AvgIpc) is 3.18. The number of pyridine rings is 1. The van der Waals surface area contributed by atoms with Gasteiger partial charge in [-0.2, -0.15) is 0 Å². The van der Waals surface area contributed by atoms with Gasteiger partial charge in [0, 0.05) is 22.9 Å². The topological polar surface area (TPSA) is 47.0 Å². The number of benzene rings is 2. The van der Waals surface area contributed by atoms with E-state index in [0.29, 0.717) is 17.1 Å². The van der Waals surface area contributed by atoms with Crippen LogP contribution in [-0.2, 0) is 22.7 Å². The average molecular weight is 412 g/mol. The molecule has 0 spiro atoms. The minimum atomic E-state index is -3.37. The van der Waals surface area contributed by atoms with E-state index >= 15 is 0 Å². The summed E-state index contributed by atoms with van der Waals surface area (Å²) in [4.78, 5) is 5.27. The summed E-state index contributed by atoms with van der Waals surface area (Å²) in [6.07, 6.45) is 2.75. The predicted octanol–water partition coefficient (Wildman–Crippen LogP) is 5.04. The van der Waals surface area contributed by atoms with Crippen molar-refractivity contribution in [1.82, 2.24) is 4.98 Å². The maximum atomic E-state index is 13.0. The smallest absolute Gasteiger partial charge is 0.188 e. The summed E-state index contributed by atoms with van der Waals surface area (Å²) in [7, 11) is -3.37. The molecular weight excluding hydrogens is 393 g/mol. The number of nitrogens with zero attached hydrogens (tertiary/aromatic N) is 1. The summed E-state index contributed by atoms with van der Waals surface area (Å²) in [5.74, 6) is -0.223. The molecule has 0 bridgehead atoms. The van der Waals surface area contributed by atoms with Crippen LogP contribution in [0, 0.1) is 5.82 Å². The molecule has 0 N–H and O–H groups in total. The third kappa shape index (κ3) is 4.13. The van der Waals surface area contributed by atoms with Crippen LogP contribution in [0.1, 0.15) is 16.0 Å². The molecule has 0 saturated carbocycles. The fourth-order valence-corrected chi connectivity index (χ4v) is 5.96. The SMILES string of the molecule is O=S(=O)(CCc1ccnc2ccccc12)c1ccc(Cc2ccc(F)cc2)s1. The van der Waals surface area contributed by atoms with Gasteiger partial charge < -0.3 is 0 Å². The van der Waals surface area contributed by atoms with E-state index in [1.807, 2.05) is 36.4 Å². The second kappa shape index (κ2) is 7.81. The van der Waals surface area contributed by atoms with Gasteiger partial charge in [0.25, 0.3) is 0 Å². The highest BCUT2D eigenvalue weighted by atomic mass is 32.2. The molecule has 2 aromatic carbocycles. The van der Waals surface area contributed by atoms with Gasteiger partial charge in [-0.05, 0) is 53.9 Å². The van der Waals surface area contributed by atoms with Gasteiger partial charge in [-0.1, -0.05) is 30.3 Å². The fraction of sp³-hybridized carbons (Fsp3) is 0.136. The number of fused-ring (bicyclic) bond motifs is 1. The van der Waals surface area contributed by atoms with Gasteiger partial charge >= 0.3 is 0 Å². The highest BCUT2D eigenvalue weighted by Crippen LogP contribution is 2.26. The van der Waals surface area contributed by atoms with Gasteiger partial charge in [-0.15, -0.1) is 11.3 Å². The number of aromatic nitrogens is 1. The molecule has 4 rings (SSSR count). The Hall–Kier alpha value is -2.57. The van der Waals surface area contributed by atoms with E-state index in [0.717, 1.165) is 26.9 Å². The molecule has 0 unspecified atom stereocenters. The summed E-state index contributed by atoms with van der Waals surface area (Å²) in [6.45, 7) is 0. The number of halogens is 1. The Balaban J connectivity index is 1.49. The monoisotopic (exact) mass is 411 g/mol. The lowest BCUT2D eigenvalue weighted by Gasteiger charge is -2.06. The Morgan fingerprint density at radius 1 is 0.929 bits per heavy atom. The Morgan fingerprint density at radius 3 is 2.54 bits per heavy atom. The van der Waals surface area contributed by atoms with Crippen LogP contribution in [0.5, 0.6) is 0 Å². The van der Waals surface area contributed by atoms with Crippen molar-refractivity contribution in [2.24, 2.45) is 0 Å². The van der Waals surface area contributed by atoms with Crippen LogP contribution in [0.2, 0.25) is 0 Å². The molecule has 0 atom stereocenters. The predicted molar refractivity (Wildman–Crippen MR) is 111 cm³/mol. The van der Waals surface area contributed by atoms with Crippen LogP contribution in [0.25, 0.3) is 10.9 Å². The van der Waals surface area contributed by atoms with E-state index in [4.69, 9.17) is 0 Å². The summed E-state index contributed by atoms with van der Waals surface area (Å²) in [5, 5.41) is 0.989. The van der Waals surface area contributed by atoms with Crippen molar-refractivity contribution in [3.63, 3.8) is 0 Å². The number of aryl methyl sites for hydroxylation is 1.